The van der Waals surface area contributed by atoms with Gasteiger partial charge in [0, 0.05) is 37.5 Å². The molecule has 1 unspecified atom stereocenters. The van der Waals surface area contributed by atoms with Crippen LogP contribution in [0.15, 0.2) is 30.4 Å². The summed E-state index contributed by atoms with van der Waals surface area (Å²) < 4.78 is 11.2. The molecule has 1 spiro atoms. The number of fused-ring (bicyclic) bond motifs is 1. The molecule has 1 heterocycles. The first-order chi connectivity index (χ1) is 14.9. The molecule has 0 saturated heterocycles. The van der Waals surface area contributed by atoms with Crippen molar-refractivity contribution < 1.29 is 24.2 Å². The molecule has 1 aromatic rings. The Bertz CT molecular complexity index is 906. The molecule has 166 valence electrons. The number of ketones is 1. The van der Waals surface area contributed by atoms with Crippen LogP contribution in [0.3, 0.4) is 0 Å². The third kappa shape index (κ3) is 5.57. The Morgan fingerprint density at radius 2 is 2.19 bits per heavy atom. The van der Waals surface area contributed by atoms with E-state index in [4.69, 9.17) is 9.47 Å². The standard InChI is InChI=1S/C26H32O5/c1-4-5-8-18(2)22(27)14-13-20-15-26(17-23(20)28)16-21-11-6-9-19(25(21)31-26)10-7-12-24(29)30-3/h6,9,11,13-14,18,20,23,28H,7-8,10,12,15-17H2,1-3H3/b14-13+/t18-,20+,23+,26?/m0/s1. The van der Waals surface area contributed by atoms with Crippen LogP contribution in [0.4, 0.5) is 0 Å². The molecule has 1 fully saturated rings. The van der Waals surface area contributed by atoms with E-state index in [2.05, 4.69) is 17.9 Å². The van der Waals surface area contributed by atoms with Gasteiger partial charge in [-0.15, -0.1) is 11.8 Å². The molecule has 1 aromatic carbocycles. The number of carbonyl (C=O) groups is 2. The molecular formula is C26H32O5. The largest absolute Gasteiger partial charge is 0.486 e. The molecule has 1 N–H and O–H groups in total. The lowest BCUT2D eigenvalue weighted by molar-refractivity contribution is -0.140. The van der Waals surface area contributed by atoms with E-state index in [0.717, 1.165) is 29.7 Å². The summed E-state index contributed by atoms with van der Waals surface area (Å²) in [6, 6.07) is 6.14. The first kappa shape index (κ1) is 23.1. The van der Waals surface area contributed by atoms with Crippen LogP contribution in [0, 0.1) is 23.7 Å². The summed E-state index contributed by atoms with van der Waals surface area (Å²) in [7, 11) is 1.40. The Morgan fingerprint density at radius 3 is 2.94 bits per heavy atom. The maximum absolute atomic E-state index is 12.3. The molecule has 1 aliphatic carbocycles. The summed E-state index contributed by atoms with van der Waals surface area (Å²) in [5.41, 5.74) is 1.81. The molecule has 1 aliphatic heterocycles. The van der Waals surface area contributed by atoms with Crippen molar-refractivity contribution in [3.05, 3.63) is 41.5 Å². The molecule has 0 bridgehead atoms. The highest BCUT2D eigenvalue weighted by atomic mass is 16.5. The van der Waals surface area contributed by atoms with Gasteiger partial charge >= 0.3 is 5.97 Å². The quantitative estimate of drug-likeness (QED) is 0.390. The van der Waals surface area contributed by atoms with Gasteiger partial charge in [-0.2, -0.15) is 0 Å². The van der Waals surface area contributed by atoms with Crippen LogP contribution < -0.4 is 4.74 Å². The van der Waals surface area contributed by atoms with E-state index in [1.54, 1.807) is 13.0 Å². The minimum atomic E-state index is -0.535. The van der Waals surface area contributed by atoms with Crippen LogP contribution in [0.5, 0.6) is 5.75 Å². The third-order valence-corrected chi connectivity index (χ3v) is 6.33. The van der Waals surface area contributed by atoms with Gasteiger partial charge in [-0.1, -0.05) is 31.2 Å². The van der Waals surface area contributed by atoms with E-state index in [1.165, 1.54) is 7.11 Å². The number of ether oxygens (including phenoxy) is 2. The highest BCUT2D eigenvalue weighted by Gasteiger charge is 2.49. The molecule has 0 aromatic heterocycles. The van der Waals surface area contributed by atoms with Crippen LogP contribution in [0.2, 0.25) is 0 Å². The number of rotatable bonds is 8. The number of aryl methyl sites for hydroxylation is 1. The van der Waals surface area contributed by atoms with E-state index in [9.17, 15) is 14.7 Å². The van der Waals surface area contributed by atoms with E-state index in [0.29, 0.717) is 32.1 Å². The summed E-state index contributed by atoms with van der Waals surface area (Å²) in [5.74, 6) is 6.25. The number of methoxy groups -OCH3 is 1. The highest BCUT2D eigenvalue weighted by Crippen LogP contribution is 2.48. The Hall–Kier alpha value is -2.58. The molecule has 3 rings (SSSR count). The third-order valence-electron chi connectivity index (χ3n) is 6.33. The Morgan fingerprint density at radius 1 is 1.39 bits per heavy atom. The summed E-state index contributed by atoms with van der Waals surface area (Å²) in [6.07, 6.45) is 7.28. The van der Waals surface area contributed by atoms with E-state index in [1.807, 2.05) is 25.1 Å². The van der Waals surface area contributed by atoms with Crippen molar-refractivity contribution in [3.63, 3.8) is 0 Å². The number of allylic oxidation sites excluding steroid dienone is 1. The van der Waals surface area contributed by atoms with Crippen LogP contribution in [0.25, 0.3) is 0 Å². The first-order valence-corrected chi connectivity index (χ1v) is 11.0. The smallest absolute Gasteiger partial charge is 0.305 e. The minimum absolute atomic E-state index is 0.0411. The lowest BCUT2D eigenvalue weighted by atomic mass is 9.93. The van der Waals surface area contributed by atoms with E-state index < -0.39 is 11.7 Å². The number of esters is 1. The molecule has 31 heavy (non-hydrogen) atoms. The second-order valence-electron chi connectivity index (χ2n) is 8.73. The number of hydrogen-bond acceptors (Lipinski definition) is 5. The molecule has 1 saturated carbocycles. The van der Waals surface area contributed by atoms with Gasteiger partial charge in [-0.25, -0.2) is 0 Å². The predicted octanol–water partition coefficient (Wildman–Crippen LogP) is 3.80. The average molecular weight is 425 g/mol. The van der Waals surface area contributed by atoms with Gasteiger partial charge in [0.25, 0.3) is 0 Å². The zero-order valence-electron chi connectivity index (χ0n) is 18.6. The fraction of sp³-hybridized carbons (Fsp3) is 0.538. The maximum atomic E-state index is 12.3. The Balaban J connectivity index is 1.64. The number of hydrogen-bond donors (Lipinski definition) is 1. The number of carbonyl (C=O) groups excluding carboxylic acids is 2. The first-order valence-electron chi connectivity index (χ1n) is 11.0. The molecular weight excluding hydrogens is 392 g/mol. The summed E-state index contributed by atoms with van der Waals surface area (Å²) >= 11 is 0. The summed E-state index contributed by atoms with van der Waals surface area (Å²) in [4.78, 5) is 23.7. The molecule has 0 radical (unpaired) electrons. The maximum Gasteiger partial charge on any atom is 0.305 e. The van der Waals surface area contributed by atoms with E-state index >= 15 is 0 Å². The number of benzene rings is 1. The van der Waals surface area contributed by atoms with Gasteiger partial charge in [0.1, 0.15) is 11.4 Å². The molecule has 5 heteroatoms. The topological polar surface area (TPSA) is 72.8 Å². The van der Waals surface area contributed by atoms with Gasteiger partial charge in [-0.3, -0.25) is 9.59 Å². The molecule has 2 aliphatic rings. The number of aliphatic hydroxyl groups is 1. The summed E-state index contributed by atoms with van der Waals surface area (Å²) in [5, 5.41) is 10.7. The normalized spacial score (nSPS) is 25.0. The summed E-state index contributed by atoms with van der Waals surface area (Å²) in [6.45, 7) is 3.65. The minimum Gasteiger partial charge on any atom is -0.486 e. The molecule has 4 atom stereocenters. The van der Waals surface area contributed by atoms with Crippen molar-refractivity contribution >= 4 is 11.8 Å². The van der Waals surface area contributed by atoms with Crippen LogP contribution in [-0.4, -0.2) is 35.7 Å². The predicted molar refractivity (Wildman–Crippen MR) is 119 cm³/mol. The van der Waals surface area contributed by atoms with Crippen LogP contribution in [-0.2, 0) is 27.2 Å². The second kappa shape index (κ2) is 10.2. The fourth-order valence-corrected chi connectivity index (χ4v) is 4.57. The zero-order chi connectivity index (χ0) is 22.4. The van der Waals surface area contributed by atoms with Crippen molar-refractivity contribution in [1.29, 1.82) is 0 Å². The number of para-hydroxylation sites is 1. The van der Waals surface area contributed by atoms with Crippen molar-refractivity contribution in [1.82, 2.24) is 0 Å². The lowest BCUT2D eigenvalue weighted by Crippen LogP contribution is -2.31. The molecule has 0 amide bonds. The monoisotopic (exact) mass is 424 g/mol. The Labute approximate surface area is 184 Å². The highest BCUT2D eigenvalue weighted by molar-refractivity contribution is 5.91. The SMILES string of the molecule is CC#CC[C@H](C)C(=O)/C=C/[C@@H]1CC2(Cc3cccc(CCCC(=O)OC)c3O2)C[C@H]1O. The number of aliphatic hydroxyl groups excluding tert-OH is 1. The molecule has 5 nitrogen and oxygen atoms in total. The fourth-order valence-electron chi connectivity index (χ4n) is 4.57. The Kier molecular flexibility index (Phi) is 7.56. The van der Waals surface area contributed by atoms with Crippen molar-refractivity contribution in [2.24, 2.45) is 11.8 Å². The van der Waals surface area contributed by atoms with E-state index in [-0.39, 0.29) is 23.6 Å². The second-order valence-corrected chi connectivity index (χ2v) is 8.73. The average Bonchev–Trinajstić information content (AvgIpc) is 3.27. The van der Waals surface area contributed by atoms with Gasteiger partial charge in [0.15, 0.2) is 5.78 Å². The van der Waals surface area contributed by atoms with Crippen molar-refractivity contribution in [2.45, 2.75) is 70.5 Å². The van der Waals surface area contributed by atoms with Gasteiger partial charge in [0.2, 0.25) is 0 Å². The van der Waals surface area contributed by atoms with Gasteiger partial charge < -0.3 is 14.6 Å². The van der Waals surface area contributed by atoms with Crippen LogP contribution >= 0.6 is 0 Å². The lowest BCUT2D eigenvalue weighted by Gasteiger charge is -2.23. The van der Waals surface area contributed by atoms with Gasteiger partial charge in [-0.05, 0) is 43.4 Å². The van der Waals surface area contributed by atoms with Crippen LogP contribution in [0.1, 0.15) is 57.1 Å². The van der Waals surface area contributed by atoms with Gasteiger partial charge in [0.05, 0.1) is 13.2 Å². The van der Waals surface area contributed by atoms with Crippen molar-refractivity contribution in [2.75, 3.05) is 7.11 Å². The van der Waals surface area contributed by atoms with Crippen molar-refractivity contribution in [3.8, 4) is 17.6 Å². The zero-order valence-corrected chi connectivity index (χ0v) is 18.6.